The third-order valence-electron chi connectivity index (χ3n) is 4.67. The van der Waals surface area contributed by atoms with Crippen molar-refractivity contribution in [3.05, 3.63) is 47.5 Å². The summed E-state index contributed by atoms with van der Waals surface area (Å²) in [6.45, 7) is 3.79. The van der Waals surface area contributed by atoms with E-state index in [1.807, 2.05) is 13.8 Å². The SMILES string of the molecule is COc1ccc(/C=N/NC(=O)C(NC(=O)c2ccc3c(c2)OCO3)C(C)C)cc1OC. The van der Waals surface area contributed by atoms with E-state index in [1.54, 1.807) is 43.5 Å². The van der Waals surface area contributed by atoms with Gasteiger partial charge in [0, 0.05) is 5.56 Å². The van der Waals surface area contributed by atoms with Crippen molar-refractivity contribution in [1.29, 1.82) is 0 Å². The molecule has 0 aliphatic carbocycles. The zero-order chi connectivity index (χ0) is 22.4. The molecule has 164 valence electrons. The van der Waals surface area contributed by atoms with Gasteiger partial charge < -0.3 is 24.3 Å². The van der Waals surface area contributed by atoms with Gasteiger partial charge in [0.1, 0.15) is 6.04 Å². The number of hydrogen-bond acceptors (Lipinski definition) is 7. The Morgan fingerprint density at radius 2 is 1.77 bits per heavy atom. The standard InChI is InChI=1S/C22H25N3O6/c1-13(2)20(24-21(26)15-6-8-17-19(10-15)31-12-30-17)22(27)25-23-11-14-5-7-16(28-3)18(9-14)29-4/h5-11,13,20H,12H2,1-4H3,(H,24,26)(H,25,27)/b23-11+. The molecule has 1 aliphatic rings. The minimum atomic E-state index is -0.777. The molecule has 2 aromatic rings. The highest BCUT2D eigenvalue weighted by Gasteiger charge is 2.25. The predicted molar refractivity (Wildman–Crippen MR) is 114 cm³/mol. The molecule has 3 rings (SSSR count). The van der Waals surface area contributed by atoms with Crippen LogP contribution in [-0.2, 0) is 4.79 Å². The monoisotopic (exact) mass is 427 g/mol. The van der Waals surface area contributed by atoms with Gasteiger partial charge in [-0.1, -0.05) is 13.8 Å². The molecule has 1 heterocycles. The molecule has 2 N–H and O–H groups in total. The first-order valence-electron chi connectivity index (χ1n) is 9.68. The summed E-state index contributed by atoms with van der Waals surface area (Å²) < 4.78 is 21.0. The second-order valence-electron chi connectivity index (χ2n) is 7.11. The third-order valence-corrected chi connectivity index (χ3v) is 4.67. The Bertz CT molecular complexity index is 989. The Morgan fingerprint density at radius 3 is 2.48 bits per heavy atom. The first kappa shape index (κ1) is 21.9. The van der Waals surface area contributed by atoms with E-state index in [1.165, 1.54) is 13.3 Å². The molecule has 1 atom stereocenters. The van der Waals surface area contributed by atoms with Crippen LogP contribution in [0.15, 0.2) is 41.5 Å². The molecule has 0 saturated heterocycles. The summed E-state index contributed by atoms with van der Waals surface area (Å²) in [7, 11) is 3.09. The molecule has 0 fully saturated rings. The molecular weight excluding hydrogens is 402 g/mol. The highest BCUT2D eigenvalue weighted by molar-refractivity contribution is 5.98. The van der Waals surface area contributed by atoms with E-state index in [-0.39, 0.29) is 12.7 Å². The van der Waals surface area contributed by atoms with E-state index in [0.29, 0.717) is 34.1 Å². The van der Waals surface area contributed by atoms with E-state index in [9.17, 15) is 9.59 Å². The Balaban J connectivity index is 1.64. The lowest BCUT2D eigenvalue weighted by molar-refractivity contribution is -0.123. The largest absolute Gasteiger partial charge is 0.493 e. The molecule has 0 saturated carbocycles. The summed E-state index contributed by atoms with van der Waals surface area (Å²) in [5.74, 6) is 1.24. The first-order valence-corrected chi connectivity index (χ1v) is 9.68. The number of fused-ring (bicyclic) bond motifs is 1. The fourth-order valence-corrected chi connectivity index (χ4v) is 2.97. The van der Waals surface area contributed by atoms with Crippen molar-refractivity contribution in [2.75, 3.05) is 21.0 Å². The van der Waals surface area contributed by atoms with Crippen LogP contribution in [0.2, 0.25) is 0 Å². The first-order chi connectivity index (χ1) is 14.9. The number of carbonyl (C=O) groups is 2. The Labute approximate surface area is 180 Å². The lowest BCUT2D eigenvalue weighted by Gasteiger charge is -2.20. The van der Waals surface area contributed by atoms with Crippen molar-refractivity contribution >= 4 is 18.0 Å². The van der Waals surface area contributed by atoms with E-state index in [2.05, 4.69) is 15.8 Å². The van der Waals surface area contributed by atoms with Crippen molar-refractivity contribution in [3.63, 3.8) is 0 Å². The van der Waals surface area contributed by atoms with Crippen LogP contribution in [0, 0.1) is 5.92 Å². The smallest absolute Gasteiger partial charge is 0.262 e. The maximum Gasteiger partial charge on any atom is 0.262 e. The Hall–Kier alpha value is -3.75. The van der Waals surface area contributed by atoms with Crippen molar-refractivity contribution in [3.8, 4) is 23.0 Å². The highest BCUT2D eigenvalue weighted by Crippen LogP contribution is 2.32. The number of rotatable bonds is 8. The molecule has 2 aromatic carbocycles. The molecule has 2 amide bonds. The molecule has 0 aromatic heterocycles. The summed E-state index contributed by atoms with van der Waals surface area (Å²) in [5.41, 5.74) is 3.56. The predicted octanol–water partition coefficient (Wildman–Crippen LogP) is 2.34. The maximum absolute atomic E-state index is 12.6. The second kappa shape index (κ2) is 9.84. The van der Waals surface area contributed by atoms with Crippen molar-refractivity contribution in [2.45, 2.75) is 19.9 Å². The van der Waals surface area contributed by atoms with Crippen LogP contribution in [0.5, 0.6) is 23.0 Å². The van der Waals surface area contributed by atoms with Gasteiger partial charge in [0.15, 0.2) is 23.0 Å². The number of hydrazone groups is 1. The number of ether oxygens (including phenoxy) is 4. The fraction of sp³-hybridized carbons (Fsp3) is 0.318. The van der Waals surface area contributed by atoms with Gasteiger partial charge in [-0.15, -0.1) is 0 Å². The minimum absolute atomic E-state index is 0.121. The quantitative estimate of drug-likeness (QED) is 0.495. The van der Waals surface area contributed by atoms with Gasteiger partial charge in [-0.2, -0.15) is 5.10 Å². The molecule has 0 spiro atoms. The topological polar surface area (TPSA) is 107 Å². The summed E-state index contributed by atoms with van der Waals surface area (Å²) in [6.07, 6.45) is 1.48. The molecule has 1 aliphatic heterocycles. The van der Waals surface area contributed by atoms with Crippen molar-refractivity contribution in [1.82, 2.24) is 10.7 Å². The average Bonchev–Trinajstić information content (AvgIpc) is 3.24. The average molecular weight is 427 g/mol. The number of methoxy groups -OCH3 is 2. The van der Waals surface area contributed by atoms with E-state index < -0.39 is 17.9 Å². The summed E-state index contributed by atoms with van der Waals surface area (Å²) >= 11 is 0. The summed E-state index contributed by atoms with van der Waals surface area (Å²) in [6, 6.07) is 9.34. The molecule has 1 unspecified atom stereocenters. The Morgan fingerprint density at radius 1 is 1.03 bits per heavy atom. The number of nitrogens with zero attached hydrogens (tertiary/aromatic N) is 1. The van der Waals surface area contributed by atoms with Crippen molar-refractivity contribution in [2.24, 2.45) is 11.0 Å². The molecule has 31 heavy (non-hydrogen) atoms. The van der Waals surface area contributed by atoms with Crippen LogP contribution < -0.4 is 29.7 Å². The van der Waals surface area contributed by atoms with Gasteiger partial charge in [-0.3, -0.25) is 9.59 Å². The molecule has 9 heteroatoms. The number of hydrogen-bond donors (Lipinski definition) is 2. The zero-order valence-electron chi connectivity index (χ0n) is 17.8. The molecular formula is C22H25N3O6. The minimum Gasteiger partial charge on any atom is -0.493 e. The normalized spacial score (nSPS) is 13.2. The molecule has 0 radical (unpaired) electrons. The van der Waals surface area contributed by atoms with E-state index in [0.717, 1.165) is 0 Å². The van der Waals surface area contributed by atoms with Crippen LogP contribution in [0.4, 0.5) is 0 Å². The van der Waals surface area contributed by atoms with Gasteiger partial charge in [-0.05, 0) is 47.9 Å². The van der Waals surface area contributed by atoms with Crippen LogP contribution in [0.25, 0.3) is 0 Å². The number of benzene rings is 2. The van der Waals surface area contributed by atoms with Crippen LogP contribution in [0.3, 0.4) is 0 Å². The van der Waals surface area contributed by atoms with Gasteiger partial charge in [0.05, 0.1) is 20.4 Å². The Kier molecular flexibility index (Phi) is 6.96. The van der Waals surface area contributed by atoms with Gasteiger partial charge >= 0.3 is 0 Å². The third kappa shape index (κ3) is 5.25. The molecule has 9 nitrogen and oxygen atoms in total. The van der Waals surface area contributed by atoms with Crippen LogP contribution in [0.1, 0.15) is 29.8 Å². The summed E-state index contributed by atoms with van der Waals surface area (Å²) in [4.78, 5) is 25.3. The number of nitrogens with one attached hydrogen (secondary N) is 2. The fourth-order valence-electron chi connectivity index (χ4n) is 2.97. The van der Waals surface area contributed by atoms with Crippen molar-refractivity contribution < 1.29 is 28.5 Å². The number of amides is 2. The van der Waals surface area contributed by atoms with E-state index in [4.69, 9.17) is 18.9 Å². The zero-order valence-corrected chi connectivity index (χ0v) is 17.8. The molecule has 0 bridgehead atoms. The number of carbonyl (C=O) groups excluding carboxylic acids is 2. The summed E-state index contributed by atoms with van der Waals surface area (Å²) in [5, 5.41) is 6.74. The van der Waals surface area contributed by atoms with Crippen LogP contribution >= 0.6 is 0 Å². The highest BCUT2D eigenvalue weighted by atomic mass is 16.7. The lowest BCUT2D eigenvalue weighted by Crippen LogP contribution is -2.48. The van der Waals surface area contributed by atoms with Gasteiger partial charge in [0.2, 0.25) is 6.79 Å². The van der Waals surface area contributed by atoms with E-state index >= 15 is 0 Å². The lowest BCUT2D eigenvalue weighted by atomic mass is 10.0. The maximum atomic E-state index is 12.6. The van der Waals surface area contributed by atoms with Gasteiger partial charge in [-0.25, -0.2) is 5.43 Å². The van der Waals surface area contributed by atoms with Crippen LogP contribution in [-0.4, -0.2) is 45.1 Å². The van der Waals surface area contributed by atoms with Gasteiger partial charge in [0.25, 0.3) is 11.8 Å². The second-order valence-corrected chi connectivity index (χ2v) is 7.11.